The van der Waals surface area contributed by atoms with E-state index in [4.69, 9.17) is 9.47 Å². The Hall–Kier alpha value is -2.76. The summed E-state index contributed by atoms with van der Waals surface area (Å²) in [7, 11) is 1.63. The van der Waals surface area contributed by atoms with Crippen LogP contribution in [0.5, 0.6) is 11.5 Å². The molecule has 6 heteroatoms. The van der Waals surface area contributed by atoms with Gasteiger partial charge in [0.25, 0.3) is 0 Å². The van der Waals surface area contributed by atoms with Crippen LogP contribution in [0.2, 0.25) is 0 Å². The van der Waals surface area contributed by atoms with E-state index >= 15 is 0 Å². The smallest absolute Gasteiger partial charge is 0.231 e. The van der Waals surface area contributed by atoms with Crippen molar-refractivity contribution in [3.8, 4) is 11.5 Å². The average Bonchev–Trinajstić information content (AvgIpc) is 2.69. The van der Waals surface area contributed by atoms with Gasteiger partial charge in [0, 0.05) is 13.1 Å². The standard InChI is InChI=1S/C20H25N3O3/c1-4-23(5-2)19-9-6-16(12-21-19)22-20(24)15-10-14-11-17(25-3)7-8-18(14)26-13-15/h6-9,11-12,15H,4-5,10,13H2,1-3H3,(H,22,24). The molecule has 0 saturated heterocycles. The van der Waals surface area contributed by atoms with Crippen LogP contribution in [0.3, 0.4) is 0 Å². The summed E-state index contributed by atoms with van der Waals surface area (Å²) in [5.74, 6) is 2.20. The molecular formula is C20H25N3O3. The van der Waals surface area contributed by atoms with E-state index in [1.807, 2.05) is 30.3 Å². The molecule has 2 heterocycles. The van der Waals surface area contributed by atoms with Crippen molar-refractivity contribution >= 4 is 17.4 Å². The minimum atomic E-state index is -0.239. The number of fused-ring (bicyclic) bond motifs is 1. The number of hydrogen-bond donors (Lipinski definition) is 1. The third-order valence-electron chi connectivity index (χ3n) is 4.65. The summed E-state index contributed by atoms with van der Waals surface area (Å²) in [6, 6.07) is 9.50. The summed E-state index contributed by atoms with van der Waals surface area (Å²) in [6.07, 6.45) is 2.33. The molecule has 0 spiro atoms. The Morgan fingerprint density at radius 2 is 2.12 bits per heavy atom. The number of pyridine rings is 1. The van der Waals surface area contributed by atoms with E-state index in [1.165, 1.54) is 0 Å². The molecule has 138 valence electrons. The van der Waals surface area contributed by atoms with Gasteiger partial charge in [0.2, 0.25) is 5.91 Å². The molecule has 1 amide bonds. The molecule has 1 aromatic carbocycles. The highest BCUT2D eigenvalue weighted by Gasteiger charge is 2.26. The summed E-state index contributed by atoms with van der Waals surface area (Å²) in [5.41, 5.74) is 1.69. The fourth-order valence-corrected chi connectivity index (χ4v) is 3.11. The number of amides is 1. The summed E-state index contributed by atoms with van der Waals surface area (Å²) in [4.78, 5) is 19.2. The Morgan fingerprint density at radius 3 is 2.77 bits per heavy atom. The third kappa shape index (κ3) is 3.90. The van der Waals surface area contributed by atoms with Crippen LogP contribution in [0.1, 0.15) is 19.4 Å². The summed E-state index contributed by atoms with van der Waals surface area (Å²) >= 11 is 0. The molecule has 1 aromatic heterocycles. The Bertz CT molecular complexity index is 757. The number of rotatable bonds is 6. The van der Waals surface area contributed by atoms with Gasteiger partial charge in [-0.05, 0) is 56.2 Å². The van der Waals surface area contributed by atoms with E-state index in [2.05, 4.69) is 29.0 Å². The van der Waals surface area contributed by atoms with Crippen LogP contribution >= 0.6 is 0 Å². The van der Waals surface area contributed by atoms with E-state index < -0.39 is 0 Å². The van der Waals surface area contributed by atoms with Crippen molar-refractivity contribution < 1.29 is 14.3 Å². The van der Waals surface area contributed by atoms with E-state index in [1.54, 1.807) is 13.3 Å². The van der Waals surface area contributed by atoms with Crippen LogP contribution in [0, 0.1) is 5.92 Å². The molecule has 0 bridgehead atoms. The van der Waals surface area contributed by atoms with E-state index in [0.717, 1.165) is 36.0 Å². The van der Waals surface area contributed by atoms with Crippen LogP contribution in [0.15, 0.2) is 36.5 Å². The molecule has 1 N–H and O–H groups in total. The number of carbonyl (C=O) groups is 1. The maximum absolute atomic E-state index is 12.6. The van der Waals surface area contributed by atoms with Gasteiger partial charge in [-0.25, -0.2) is 4.98 Å². The Balaban J connectivity index is 1.65. The second-order valence-corrected chi connectivity index (χ2v) is 6.25. The Kier molecular flexibility index (Phi) is 5.61. The predicted octanol–water partition coefficient (Wildman–Crippen LogP) is 3.13. The summed E-state index contributed by atoms with van der Waals surface area (Å²) < 4.78 is 11.0. The van der Waals surface area contributed by atoms with Crippen LogP contribution in [-0.2, 0) is 11.2 Å². The molecule has 3 rings (SSSR count). The van der Waals surface area contributed by atoms with Crippen molar-refractivity contribution in [2.75, 3.05) is 37.0 Å². The minimum absolute atomic E-state index is 0.0594. The van der Waals surface area contributed by atoms with Gasteiger partial charge in [0.05, 0.1) is 24.9 Å². The largest absolute Gasteiger partial charge is 0.497 e. The fraction of sp³-hybridized carbons (Fsp3) is 0.400. The average molecular weight is 355 g/mol. The molecular weight excluding hydrogens is 330 g/mol. The van der Waals surface area contributed by atoms with Crippen molar-refractivity contribution in [3.05, 3.63) is 42.1 Å². The first-order chi connectivity index (χ1) is 12.6. The monoisotopic (exact) mass is 355 g/mol. The topological polar surface area (TPSA) is 63.7 Å². The number of hydrogen-bond acceptors (Lipinski definition) is 5. The number of aromatic nitrogens is 1. The number of anilines is 2. The minimum Gasteiger partial charge on any atom is -0.497 e. The van der Waals surface area contributed by atoms with Crippen molar-refractivity contribution in [1.82, 2.24) is 4.98 Å². The van der Waals surface area contributed by atoms with Crippen molar-refractivity contribution in [3.63, 3.8) is 0 Å². The fourth-order valence-electron chi connectivity index (χ4n) is 3.11. The molecule has 26 heavy (non-hydrogen) atoms. The first-order valence-corrected chi connectivity index (χ1v) is 8.96. The number of benzene rings is 1. The van der Waals surface area contributed by atoms with Crippen LogP contribution in [0.4, 0.5) is 11.5 Å². The van der Waals surface area contributed by atoms with Gasteiger partial charge in [-0.15, -0.1) is 0 Å². The number of methoxy groups -OCH3 is 1. The lowest BCUT2D eigenvalue weighted by Gasteiger charge is -2.25. The first-order valence-electron chi connectivity index (χ1n) is 8.96. The lowest BCUT2D eigenvalue weighted by Crippen LogP contribution is -2.32. The van der Waals surface area contributed by atoms with E-state index in [0.29, 0.717) is 18.7 Å². The molecule has 1 atom stereocenters. The second kappa shape index (κ2) is 8.08. The van der Waals surface area contributed by atoms with Crippen LogP contribution in [0.25, 0.3) is 0 Å². The molecule has 1 unspecified atom stereocenters. The molecule has 0 radical (unpaired) electrons. The van der Waals surface area contributed by atoms with E-state index in [-0.39, 0.29) is 11.8 Å². The molecule has 0 aliphatic carbocycles. The molecule has 1 aliphatic rings. The zero-order valence-corrected chi connectivity index (χ0v) is 15.5. The van der Waals surface area contributed by atoms with Gasteiger partial charge >= 0.3 is 0 Å². The highest BCUT2D eigenvalue weighted by atomic mass is 16.5. The van der Waals surface area contributed by atoms with E-state index in [9.17, 15) is 4.79 Å². The quantitative estimate of drug-likeness (QED) is 0.862. The molecule has 0 saturated carbocycles. The molecule has 1 aliphatic heterocycles. The normalized spacial score (nSPS) is 15.6. The Morgan fingerprint density at radius 1 is 1.31 bits per heavy atom. The van der Waals surface area contributed by atoms with Gasteiger partial charge in [-0.3, -0.25) is 4.79 Å². The van der Waals surface area contributed by atoms with Gasteiger partial charge in [0.1, 0.15) is 23.9 Å². The van der Waals surface area contributed by atoms with Gasteiger partial charge < -0.3 is 19.7 Å². The van der Waals surface area contributed by atoms with Crippen molar-refractivity contribution in [2.24, 2.45) is 5.92 Å². The van der Waals surface area contributed by atoms with Crippen molar-refractivity contribution in [2.45, 2.75) is 20.3 Å². The number of nitrogens with one attached hydrogen (secondary N) is 1. The van der Waals surface area contributed by atoms with Gasteiger partial charge in [-0.1, -0.05) is 0 Å². The van der Waals surface area contributed by atoms with Crippen molar-refractivity contribution in [1.29, 1.82) is 0 Å². The molecule has 2 aromatic rings. The van der Waals surface area contributed by atoms with Crippen LogP contribution in [-0.4, -0.2) is 37.7 Å². The SMILES string of the molecule is CCN(CC)c1ccc(NC(=O)C2COc3ccc(OC)cc3C2)cn1. The first kappa shape index (κ1) is 18.0. The molecule has 0 fully saturated rings. The second-order valence-electron chi connectivity index (χ2n) is 6.25. The van der Waals surface area contributed by atoms with Gasteiger partial charge in [-0.2, -0.15) is 0 Å². The lowest BCUT2D eigenvalue weighted by atomic mass is 9.95. The molecule has 6 nitrogen and oxygen atoms in total. The maximum Gasteiger partial charge on any atom is 0.231 e. The number of nitrogens with zero attached hydrogens (tertiary/aromatic N) is 2. The predicted molar refractivity (Wildman–Crippen MR) is 102 cm³/mol. The highest BCUT2D eigenvalue weighted by Crippen LogP contribution is 2.31. The number of ether oxygens (including phenoxy) is 2. The van der Waals surface area contributed by atoms with Crippen LogP contribution < -0.4 is 19.7 Å². The maximum atomic E-state index is 12.6. The zero-order chi connectivity index (χ0) is 18.5. The number of carbonyl (C=O) groups excluding carboxylic acids is 1. The zero-order valence-electron chi connectivity index (χ0n) is 15.5. The third-order valence-corrected chi connectivity index (χ3v) is 4.65. The lowest BCUT2D eigenvalue weighted by molar-refractivity contribution is -0.121. The van der Waals surface area contributed by atoms with Gasteiger partial charge in [0.15, 0.2) is 0 Å². The summed E-state index contributed by atoms with van der Waals surface area (Å²) in [5, 5.41) is 2.94. The Labute approximate surface area is 154 Å². The summed E-state index contributed by atoms with van der Waals surface area (Å²) in [6.45, 7) is 6.36. The highest BCUT2D eigenvalue weighted by molar-refractivity contribution is 5.93.